The predicted molar refractivity (Wildman–Crippen MR) is 73.2 cm³/mol. The molecule has 0 bridgehead atoms. The molecule has 5 heteroatoms. The number of nitrogens with zero attached hydrogens (tertiary/aromatic N) is 2. The number of hydrogen-bond donors (Lipinski definition) is 1. The molecular weight excluding hydrogens is 266 g/mol. The molecule has 2 aromatic rings. The molecule has 1 aliphatic carbocycles. The van der Waals surface area contributed by atoms with Gasteiger partial charge in [-0.25, -0.2) is 4.98 Å². The Morgan fingerprint density at radius 2 is 2.33 bits per heavy atom. The highest BCUT2D eigenvalue weighted by Gasteiger charge is 2.25. The number of fused-ring (bicyclic) bond motifs is 1. The van der Waals surface area contributed by atoms with Crippen molar-refractivity contribution in [3.05, 3.63) is 45.4 Å². The van der Waals surface area contributed by atoms with Crippen molar-refractivity contribution in [2.75, 3.05) is 11.9 Å². The molecule has 0 aliphatic heterocycles. The third kappa shape index (κ3) is 1.96. The van der Waals surface area contributed by atoms with Crippen molar-refractivity contribution in [1.82, 2.24) is 4.98 Å². The van der Waals surface area contributed by atoms with E-state index in [1.165, 1.54) is 22.5 Å². The lowest BCUT2D eigenvalue weighted by molar-refractivity contribution is 0.635. The van der Waals surface area contributed by atoms with Gasteiger partial charge in [0.2, 0.25) is 0 Å². The normalized spacial score (nSPS) is 16.6. The quantitative estimate of drug-likeness (QED) is 0.934. The Kier molecular flexibility index (Phi) is 2.94. The number of nitrogens with one attached hydrogen (secondary N) is 1. The zero-order chi connectivity index (χ0) is 12.5. The van der Waals surface area contributed by atoms with E-state index in [1.54, 1.807) is 0 Å². The van der Waals surface area contributed by atoms with E-state index in [0.29, 0.717) is 15.9 Å². The van der Waals surface area contributed by atoms with Gasteiger partial charge in [-0.2, -0.15) is 5.26 Å². The molecule has 0 radical (unpaired) electrons. The number of benzene rings is 1. The summed E-state index contributed by atoms with van der Waals surface area (Å²) in [4.78, 5) is 4.58. The first-order chi connectivity index (χ1) is 8.78. The summed E-state index contributed by atoms with van der Waals surface area (Å²) in [5.74, 6) is 0.536. The zero-order valence-electron chi connectivity index (χ0n) is 9.48. The van der Waals surface area contributed by atoms with Gasteiger partial charge in [-0.15, -0.1) is 0 Å². The van der Waals surface area contributed by atoms with Gasteiger partial charge < -0.3 is 5.32 Å². The minimum absolute atomic E-state index is 0.291. The van der Waals surface area contributed by atoms with Crippen LogP contribution in [0.3, 0.4) is 0 Å². The SMILES string of the molecule is N#Cc1sc(NCC2Cc3ccccc32)nc1Cl. The lowest BCUT2D eigenvalue weighted by Crippen LogP contribution is -2.24. The van der Waals surface area contributed by atoms with E-state index < -0.39 is 0 Å². The highest BCUT2D eigenvalue weighted by molar-refractivity contribution is 7.16. The number of aromatic nitrogens is 1. The molecule has 0 spiro atoms. The van der Waals surface area contributed by atoms with Crippen LogP contribution in [0.5, 0.6) is 0 Å². The van der Waals surface area contributed by atoms with Crippen LogP contribution in [-0.2, 0) is 6.42 Å². The van der Waals surface area contributed by atoms with Crippen molar-refractivity contribution < 1.29 is 0 Å². The molecule has 1 unspecified atom stereocenters. The summed E-state index contributed by atoms with van der Waals surface area (Å²) < 4.78 is 0. The lowest BCUT2D eigenvalue weighted by Gasteiger charge is -2.30. The van der Waals surface area contributed by atoms with Crippen molar-refractivity contribution in [3.63, 3.8) is 0 Å². The number of nitriles is 1. The maximum absolute atomic E-state index is 8.80. The second-order valence-electron chi connectivity index (χ2n) is 4.23. The van der Waals surface area contributed by atoms with E-state index in [4.69, 9.17) is 16.9 Å². The third-order valence-corrected chi connectivity index (χ3v) is 4.45. The molecule has 0 amide bonds. The van der Waals surface area contributed by atoms with Crippen molar-refractivity contribution in [1.29, 1.82) is 5.26 Å². The molecule has 18 heavy (non-hydrogen) atoms. The van der Waals surface area contributed by atoms with Gasteiger partial charge in [0.15, 0.2) is 10.3 Å². The van der Waals surface area contributed by atoms with Crippen LogP contribution in [0, 0.1) is 11.3 Å². The summed E-state index contributed by atoms with van der Waals surface area (Å²) in [5, 5.41) is 13.1. The molecule has 1 N–H and O–H groups in total. The molecule has 1 aromatic heterocycles. The Morgan fingerprint density at radius 1 is 1.50 bits per heavy atom. The van der Waals surface area contributed by atoms with Crippen molar-refractivity contribution in [3.8, 4) is 6.07 Å². The smallest absolute Gasteiger partial charge is 0.185 e. The highest BCUT2D eigenvalue weighted by Crippen LogP contribution is 2.35. The Bertz CT molecular complexity index is 629. The van der Waals surface area contributed by atoms with E-state index in [1.807, 2.05) is 6.07 Å². The summed E-state index contributed by atoms with van der Waals surface area (Å²) in [6.45, 7) is 0.839. The number of halogens is 1. The maximum Gasteiger partial charge on any atom is 0.185 e. The van der Waals surface area contributed by atoms with Crippen LogP contribution in [0.15, 0.2) is 24.3 Å². The molecule has 3 nitrogen and oxygen atoms in total. The molecule has 1 atom stereocenters. The first kappa shape index (κ1) is 11.5. The summed E-state index contributed by atoms with van der Waals surface area (Å²) in [6, 6.07) is 10.5. The van der Waals surface area contributed by atoms with Crippen LogP contribution in [0.25, 0.3) is 0 Å². The van der Waals surface area contributed by atoms with Crippen LogP contribution in [-0.4, -0.2) is 11.5 Å². The molecule has 1 aromatic carbocycles. The molecule has 0 fully saturated rings. The monoisotopic (exact) mass is 275 g/mol. The molecule has 90 valence electrons. The molecule has 1 aliphatic rings. The first-order valence-corrected chi connectivity index (χ1v) is 6.85. The fraction of sp³-hybridized carbons (Fsp3) is 0.231. The lowest BCUT2D eigenvalue weighted by atomic mass is 9.78. The van der Waals surface area contributed by atoms with Gasteiger partial charge in [0.25, 0.3) is 0 Å². The van der Waals surface area contributed by atoms with Crippen LogP contribution in [0.4, 0.5) is 5.13 Å². The molecular formula is C13H10ClN3S. The number of hydrogen-bond acceptors (Lipinski definition) is 4. The van der Waals surface area contributed by atoms with Gasteiger partial charge in [0.1, 0.15) is 10.9 Å². The van der Waals surface area contributed by atoms with Crippen molar-refractivity contribution >= 4 is 28.1 Å². The van der Waals surface area contributed by atoms with Gasteiger partial charge in [-0.05, 0) is 17.5 Å². The average Bonchev–Trinajstić information content (AvgIpc) is 2.71. The second-order valence-corrected chi connectivity index (χ2v) is 5.59. The zero-order valence-corrected chi connectivity index (χ0v) is 11.1. The average molecular weight is 276 g/mol. The first-order valence-electron chi connectivity index (χ1n) is 5.66. The van der Waals surface area contributed by atoms with Crippen LogP contribution >= 0.6 is 22.9 Å². The van der Waals surface area contributed by atoms with Gasteiger partial charge in [-0.3, -0.25) is 0 Å². The summed E-state index contributed by atoms with van der Waals surface area (Å²) in [6.07, 6.45) is 1.10. The van der Waals surface area contributed by atoms with Crippen LogP contribution < -0.4 is 5.32 Å². The van der Waals surface area contributed by atoms with E-state index in [0.717, 1.165) is 18.1 Å². The summed E-state index contributed by atoms with van der Waals surface area (Å²) in [7, 11) is 0. The summed E-state index contributed by atoms with van der Waals surface area (Å²) >= 11 is 7.13. The molecule has 0 saturated heterocycles. The fourth-order valence-electron chi connectivity index (χ4n) is 2.20. The largest absolute Gasteiger partial charge is 0.361 e. The molecule has 1 heterocycles. The van der Waals surface area contributed by atoms with Crippen molar-refractivity contribution in [2.45, 2.75) is 12.3 Å². The van der Waals surface area contributed by atoms with E-state index in [9.17, 15) is 0 Å². The Balaban J connectivity index is 1.65. The third-order valence-electron chi connectivity index (χ3n) is 3.15. The standard InChI is InChI=1S/C13H10ClN3S/c14-12-11(6-15)18-13(17-12)16-7-9-5-8-3-1-2-4-10(8)9/h1-4,9H,5,7H2,(H,16,17). The van der Waals surface area contributed by atoms with Gasteiger partial charge in [0, 0.05) is 12.5 Å². The number of thiazole rings is 1. The number of rotatable bonds is 3. The number of anilines is 1. The Hall–Kier alpha value is -1.57. The summed E-state index contributed by atoms with van der Waals surface area (Å²) in [5.41, 5.74) is 2.84. The van der Waals surface area contributed by atoms with Gasteiger partial charge >= 0.3 is 0 Å². The van der Waals surface area contributed by atoms with E-state index >= 15 is 0 Å². The molecule has 3 rings (SSSR count). The Labute approximate surface area is 114 Å². The predicted octanol–water partition coefficient (Wildman–Crippen LogP) is 3.42. The Morgan fingerprint density at radius 3 is 3.06 bits per heavy atom. The molecule has 0 saturated carbocycles. The highest BCUT2D eigenvalue weighted by atomic mass is 35.5. The van der Waals surface area contributed by atoms with Gasteiger partial charge in [-0.1, -0.05) is 47.2 Å². The van der Waals surface area contributed by atoms with E-state index in [-0.39, 0.29) is 0 Å². The minimum atomic E-state index is 0.291. The van der Waals surface area contributed by atoms with E-state index in [2.05, 4.69) is 34.6 Å². The van der Waals surface area contributed by atoms with Crippen LogP contribution in [0.2, 0.25) is 5.15 Å². The minimum Gasteiger partial charge on any atom is -0.361 e. The van der Waals surface area contributed by atoms with Crippen LogP contribution in [0.1, 0.15) is 21.9 Å². The van der Waals surface area contributed by atoms with Gasteiger partial charge in [0.05, 0.1) is 0 Å². The second kappa shape index (κ2) is 4.60. The fourth-order valence-corrected chi connectivity index (χ4v) is 3.16. The topological polar surface area (TPSA) is 48.7 Å². The maximum atomic E-state index is 8.80. The van der Waals surface area contributed by atoms with Crippen molar-refractivity contribution in [2.24, 2.45) is 0 Å².